The van der Waals surface area contributed by atoms with Gasteiger partial charge in [-0.15, -0.1) is 0 Å². The van der Waals surface area contributed by atoms with Crippen LogP contribution in [0.5, 0.6) is 11.5 Å². The Bertz CT molecular complexity index is 1340. The summed E-state index contributed by atoms with van der Waals surface area (Å²) in [6.07, 6.45) is 0.231. The third-order valence-electron chi connectivity index (χ3n) is 6.31. The van der Waals surface area contributed by atoms with Gasteiger partial charge >= 0.3 is 0 Å². The van der Waals surface area contributed by atoms with E-state index in [9.17, 15) is 10.1 Å². The highest BCUT2D eigenvalue weighted by Crippen LogP contribution is 2.44. The van der Waals surface area contributed by atoms with Gasteiger partial charge in [-0.3, -0.25) is 9.69 Å². The van der Waals surface area contributed by atoms with Crippen molar-refractivity contribution in [2.75, 3.05) is 24.6 Å². The molecule has 3 aromatic carbocycles. The summed E-state index contributed by atoms with van der Waals surface area (Å²) in [6.45, 7) is 0.850. The lowest BCUT2D eigenvalue weighted by Gasteiger charge is -2.42. The number of fused-ring (bicyclic) bond motifs is 1. The largest absolute Gasteiger partial charge is 0.493 e. The van der Waals surface area contributed by atoms with Gasteiger partial charge in [0.05, 0.1) is 36.3 Å². The number of rotatable bonds is 6. The Kier molecular flexibility index (Phi) is 7.21. The Hall–Kier alpha value is -3.41. The second-order valence-corrected chi connectivity index (χ2v) is 10.4. The monoisotopic (exact) mass is 561 g/mol. The average Bonchev–Trinajstić information content (AvgIpc) is 2.92. The number of hydrogen-bond acceptors (Lipinski definition) is 6. The predicted molar refractivity (Wildman–Crippen MR) is 145 cm³/mol. The van der Waals surface area contributed by atoms with Crippen molar-refractivity contribution in [1.29, 1.82) is 5.26 Å². The third-order valence-corrected chi connectivity index (χ3v) is 8.00. The molecule has 1 atom stereocenters. The zero-order chi connectivity index (χ0) is 25.1. The van der Waals surface area contributed by atoms with E-state index in [-0.39, 0.29) is 18.2 Å². The molecule has 0 radical (unpaired) electrons. The smallest absolute Gasteiger partial charge is 0.229 e. The molecule has 0 N–H and O–H groups in total. The number of ether oxygens (including phenoxy) is 2. The van der Waals surface area contributed by atoms with Crippen LogP contribution in [0.3, 0.4) is 0 Å². The molecular weight excluding hydrogens is 538 g/mol. The number of nitrogens with zero attached hydrogens (tertiary/aromatic N) is 3. The topological polar surface area (TPSA) is 65.8 Å². The highest BCUT2D eigenvalue weighted by molar-refractivity contribution is 9.10. The Morgan fingerprint density at radius 1 is 1.08 bits per heavy atom. The van der Waals surface area contributed by atoms with Crippen LogP contribution in [0, 0.1) is 11.3 Å². The van der Waals surface area contributed by atoms with Gasteiger partial charge in [0.15, 0.2) is 11.5 Å². The van der Waals surface area contributed by atoms with Crippen molar-refractivity contribution in [3.05, 3.63) is 99.0 Å². The summed E-state index contributed by atoms with van der Waals surface area (Å²) >= 11 is 4.99. The van der Waals surface area contributed by atoms with E-state index in [0.29, 0.717) is 36.2 Å². The maximum Gasteiger partial charge on any atom is 0.229 e. The first kappa shape index (κ1) is 24.3. The van der Waals surface area contributed by atoms with E-state index in [1.165, 1.54) is 11.8 Å². The summed E-state index contributed by atoms with van der Waals surface area (Å²) in [6, 6.07) is 26.0. The summed E-state index contributed by atoms with van der Waals surface area (Å²) in [5.41, 5.74) is 3.58. The molecule has 2 aliphatic heterocycles. The molecule has 36 heavy (non-hydrogen) atoms. The van der Waals surface area contributed by atoms with Gasteiger partial charge in [0.25, 0.3) is 0 Å². The van der Waals surface area contributed by atoms with Crippen molar-refractivity contribution in [3.8, 4) is 17.6 Å². The number of amides is 1. The van der Waals surface area contributed by atoms with Crippen LogP contribution in [0.1, 0.15) is 23.5 Å². The first-order valence-electron chi connectivity index (χ1n) is 11.5. The normalized spacial score (nSPS) is 17.5. The first-order chi connectivity index (χ1) is 17.6. The van der Waals surface area contributed by atoms with Crippen molar-refractivity contribution in [1.82, 2.24) is 4.90 Å². The Morgan fingerprint density at radius 2 is 1.86 bits per heavy atom. The molecule has 5 rings (SSSR count). The summed E-state index contributed by atoms with van der Waals surface area (Å²) in [5, 5.41) is 10.9. The van der Waals surface area contributed by atoms with Crippen LogP contribution in [0.2, 0.25) is 0 Å². The van der Waals surface area contributed by atoms with Gasteiger partial charge in [0, 0.05) is 22.5 Å². The standard InChI is InChI=1S/C28H24BrN3O3S/c1-34-26-13-20(7-12-25(26)35-16-19-5-3-2-4-6-19)23-14-27(33)32-17-31(18-36-28(32)24(23)15-30)22-10-8-21(29)9-11-22/h2-13,23H,14,16-18H2,1H3. The van der Waals surface area contributed by atoms with Crippen LogP contribution in [0.15, 0.2) is 87.9 Å². The number of carbonyl (C=O) groups excluding carboxylic acids is 1. The van der Waals surface area contributed by atoms with E-state index in [2.05, 4.69) is 26.9 Å². The van der Waals surface area contributed by atoms with E-state index in [0.717, 1.165) is 26.3 Å². The number of thioether (sulfide) groups is 1. The van der Waals surface area contributed by atoms with E-state index >= 15 is 0 Å². The van der Waals surface area contributed by atoms with Crippen molar-refractivity contribution >= 4 is 39.3 Å². The molecule has 8 heteroatoms. The molecule has 3 aromatic rings. The van der Waals surface area contributed by atoms with Crippen LogP contribution in [-0.4, -0.2) is 30.5 Å². The van der Waals surface area contributed by atoms with E-state index in [1.54, 1.807) is 12.0 Å². The number of carbonyl (C=O) groups is 1. The number of benzene rings is 3. The van der Waals surface area contributed by atoms with Crippen LogP contribution in [0.25, 0.3) is 0 Å². The lowest BCUT2D eigenvalue weighted by Crippen LogP contribution is -2.47. The molecule has 1 unspecified atom stereocenters. The van der Waals surface area contributed by atoms with E-state index in [4.69, 9.17) is 9.47 Å². The second kappa shape index (κ2) is 10.7. The minimum atomic E-state index is -0.322. The van der Waals surface area contributed by atoms with Gasteiger partial charge in [0.2, 0.25) is 5.91 Å². The molecule has 182 valence electrons. The van der Waals surface area contributed by atoms with E-state index < -0.39 is 0 Å². The number of anilines is 1. The second-order valence-electron chi connectivity index (χ2n) is 8.52. The zero-order valence-electron chi connectivity index (χ0n) is 19.7. The van der Waals surface area contributed by atoms with Gasteiger partial charge < -0.3 is 14.4 Å². The van der Waals surface area contributed by atoms with Gasteiger partial charge in [-0.25, -0.2) is 0 Å². The average molecular weight is 562 g/mol. The van der Waals surface area contributed by atoms with E-state index in [1.807, 2.05) is 72.8 Å². The quantitative estimate of drug-likeness (QED) is 0.354. The van der Waals surface area contributed by atoms with Crippen LogP contribution >= 0.6 is 27.7 Å². The van der Waals surface area contributed by atoms with Crippen LogP contribution < -0.4 is 14.4 Å². The molecule has 6 nitrogen and oxygen atoms in total. The Balaban J connectivity index is 1.38. The SMILES string of the molecule is COc1cc(C2CC(=O)N3CN(c4ccc(Br)cc4)CSC3=C2C#N)ccc1OCc1ccccc1. The minimum Gasteiger partial charge on any atom is -0.493 e. The fourth-order valence-electron chi connectivity index (χ4n) is 4.42. The van der Waals surface area contributed by atoms with Gasteiger partial charge in [-0.05, 0) is 47.5 Å². The molecule has 0 spiro atoms. The predicted octanol–water partition coefficient (Wildman–Crippen LogP) is 6.26. The maximum absolute atomic E-state index is 13.3. The maximum atomic E-state index is 13.3. The third kappa shape index (κ3) is 4.95. The van der Waals surface area contributed by atoms with Crippen molar-refractivity contribution < 1.29 is 14.3 Å². The number of hydrogen-bond donors (Lipinski definition) is 0. The number of halogens is 1. The molecule has 1 saturated heterocycles. The number of methoxy groups -OCH3 is 1. The zero-order valence-corrected chi connectivity index (χ0v) is 22.1. The molecule has 0 aliphatic carbocycles. The molecule has 2 heterocycles. The molecular formula is C28H24BrN3O3S. The molecule has 1 fully saturated rings. The Labute approximate surface area is 223 Å². The highest BCUT2D eigenvalue weighted by atomic mass is 79.9. The molecule has 0 aromatic heterocycles. The summed E-state index contributed by atoms with van der Waals surface area (Å²) in [5.74, 6) is 1.55. The van der Waals surface area contributed by atoms with Crippen molar-refractivity contribution in [2.45, 2.75) is 18.9 Å². The molecule has 2 aliphatic rings. The Morgan fingerprint density at radius 3 is 2.58 bits per heavy atom. The fraction of sp³-hybridized carbons (Fsp3) is 0.214. The highest BCUT2D eigenvalue weighted by Gasteiger charge is 2.38. The summed E-state index contributed by atoms with van der Waals surface area (Å²) in [7, 11) is 1.60. The van der Waals surface area contributed by atoms with Gasteiger partial charge in [-0.2, -0.15) is 5.26 Å². The fourth-order valence-corrected chi connectivity index (χ4v) is 5.85. The lowest BCUT2D eigenvalue weighted by atomic mass is 9.86. The molecule has 0 saturated carbocycles. The van der Waals surface area contributed by atoms with Crippen molar-refractivity contribution in [2.24, 2.45) is 0 Å². The lowest BCUT2D eigenvalue weighted by molar-refractivity contribution is -0.129. The van der Waals surface area contributed by atoms with Gasteiger partial charge in [0.1, 0.15) is 6.61 Å². The van der Waals surface area contributed by atoms with Gasteiger partial charge in [-0.1, -0.05) is 64.1 Å². The van der Waals surface area contributed by atoms with Crippen molar-refractivity contribution in [3.63, 3.8) is 0 Å². The minimum absolute atomic E-state index is 0.00619. The molecule has 1 amide bonds. The number of allylic oxidation sites excluding steroid dienone is 1. The number of nitriles is 1. The summed E-state index contributed by atoms with van der Waals surface area (Å²) in [4.78, 5) is 17.1. The summed E-state index contributed by atoms with van der Waals surface area (Å²) < 4.78 is 12.6. The first-order valence-corrected chi connectivity index (χ1v) is 13.3. The van der Waals surface area contributed by atoms with Crippen LogP contribution in [0.4, 0.5) is 5.69 Å². The van der Waals surface area contributed by atoms with Crippen LogP contribution in [-0.2, 0) is 11.4 Å². The molecule has 0 bridgehead atoms.